The number of carbonyl (C=O) groups is 1. The van der Waals surface area contributed by atoms with Crippen molar-refractivity contribution in [3.05, 3.63) is 99.6 Å². The molecule has 2 aromatic heterocycles. The molecule has 2 heterocycles. The third kappa shape index (κ3) is 5.50. The lowest BCUT2D eigenvalue weighted by molar-refractivity contribution is 0.0949. The summed E-state index contributed by atoms with van der Waals surface area (Å²) >= 11 is 0. The van der Waals surface area contributed by atoms with Gasteiger partial charge in [0.25, 0.3) is 12.3 Å². The van der Waals surface area contributed by atoms with Crippen LogP contribution in [-0.4, -0.2) is 29.8 Å². The first-order chi connectivity index (χ1) is 19.1. The number of amides is 1. The maximum Gasteiger partial charge on any atom is 0.263 e. The molecule has 1 unspecified atom stereocenters. The van der Waals surface area contributed by atoms with Crippen LogP contribution >= 0.6 is 0 Å². The Morgan fingerprint density at radius 1 is 1.20 bits per heavy atom. The Morgan fingerprint density at radius 2 is 1.93 bits per heavy atom. The number of hydrogen-bond acceptors (Lipinski definition) is 5. The largest absolute Gasteiger partial charge is 0.348 e. The van der Waals surface area contributed by atoms with E-state index >= 15 is 0 Å². The van der Waals surface area contributed by atoms with Crippen molar-refractivity contribution in [3.63, 3.8) is 0 Å². The minimum absolute atomic E-state index is 0.0526. The molecule has 1 amide bonds. The van der Waals surface area contributed by atoms with Gasteiger partial charge >= 0.3 is 0 Å². The van der Waals surface area contributed by atoms with Crippen LogP contribution in [-0.2, 0) is 23.3 Å². The molecule has 4 rings (SSSR count). The summed E-state index contributed by atoms with van der Waals surface area (Å²) in [5.74, 6) is -0.0937. The molecule has 4 aromatic rings. The van der Waals surface area contributed by atoms with Crippen LogP contribution < -0.4 is 15.5 Å². The van der Waals surface area contributed by atoms with Crippen LogP contribution in [0.5, 0.6) is 0 Å². The average molecular weight is 565 g/mol. The minimum atomic E-state index is -2.85. The smallest absolute Gasteiger partial charge is 0.263 e. The highest BCUT2D eigenvalue weighted by Crippen LogP contribution is 2.27. The van der Waals surface area contributed by atoms with Gasteiger partial charge in [-0.15, -0.1) is 0 Å². The Hall–Kier alpha value is -4.76. The molecular weight excluding hydrogens is 538 g/mol. The van der Waals surface area contributed by atoms with E-state index in [2.05, 4.69) is 15.1 Å². The van der Waals surface area contributed by atoms with Gasteiger partial charge in [-0.25, -0.2) is 17.7 Å². The van der Waals surface area contributed by atoms with E-state index in [4.69, 9.17) is 5.26 Å². The van der Waals surface area contributed by atoms with Gasteiger partial charge in [-0.2, -0.15) is 10.4 Å². The number of nitrogens with one attached hydrogen (secondary N) is 2. The third-order valence-corrected chi connectivity index (χ3v) is 8.45. The first-order valence-electron chi connectivity index (χ1n) is 12.1. The lowest BCUT2D eigenvalue weighted by Crippen LogP contribution is -2.31. The highest BCUT2D eigenvalue weighted by atomic mass is 32.2. The fourth-order valence-electron chi connectivity index (χ4n) is 4.29. The molecule has 12 heteroatoms. The zero-order valence-electron chi connectivity index (χ0n) is 21.9. The second-order valence-corrected chi connectivity index (χ2v) is 11.2. The molecule has 0 aliphatic rings. The number of pyridine rings is 1. The lowest BCUT2D eigenvalue weighted by Gasteiger charge is -2.17. The summed E-state index contributed by atoms with van der Waals surface area (Å²) in [5, 5.41) is 17.2. The van der Waals surface area contributed by atoms with Crippen molar-refractivity contribution in [2.45, 2.75) is 31.7 Å². The van der Waals surface area contributed by atoms with E-state index in [1.54, 1.807) is 78.9 Å². The number of aromatic nitrogens is 3. The zero-order chi connectivity index (χ0) is 29.0. The van der Waals surface area contributed by atoms with Crippen LogP contribution in [0.2, 0.25) is 0 Å². The fourth-order valence-corrected chi connectivity index (χ4v) is 5.47. The molecule has 2 N–H and O–H groups in total. The van der Waals surface area contributed by atoms with E-state index in [0.29, 0.717) is 22.0 Å². The average Bonchev–Trinajstić information content (AvgIpc) is 3.37. The number of aryl methyl sites for hydroxylation is 1. The van der Waals surface area contributed by atoms with Crippen molar-refractivity contribution in [1.82, 2.24) is 24.4 Å². The Labute approximate surface area is 229 Å². The third-order valence-electron chi connectivity index (χ3n) is 6.42. The van der Waals surface area contributed by atoms with Crippen LogP contribution in [0.3, 0.4) is 0 Å². The molecule has 0 radical (unpaired) electrons. The van der Waals surface area contributed by atoms with Gasteiger partial charge in [-0.1, -0.05) is 30.3 Å². The SMILES string of the molecule is CC=S(=O)(NC#N)c1ccc(CNC(=O)c2cn(-c3ccnn3C)c(C)c(-c3cccc(C(F)F)c3)c2=O)cc1. The topological polar surface area (TPSA) is 122 Å². The Bertz CT molecular complexity index is 1800. The summed E-state index contributed by atoms with van der Waals surface area (Å²) in [4.78, 5) is 27.3. The number of hydrogen-bond donors (Lipinski definition) is 2. The van der Waals surface area contributed by atoms with Gasteiger partial charge in [0.05, 0.1) is 20.8 Å². The molecule has 2 aromatic carbocycles. The van der Waals surface area contributed by atoms with Crippen molar-refractivity contribution in [1.29, 1.82) is 5.26 Å². The quantitative estimate of drug-likeness (QED) is 0.191. The summed E-state index contributed by atoms with van der Waals surface area (Å²) in [6, 6.07) is 13.7. The molecule has 0 saturated carbocycles. The number of nitriles is 1. The summed E-state index contributed by atoms with van der Waals surface area (Å²) in [6.07, 6.45) is 1.94. The second-order valence-electron chi connectivity index (χ2n) is 8.82. The molecule has 0 fully saturated rings. The van der Waals surface area contributed by atoms with Crippen molar-refractivity contribution in [2.24, 2.45) is 7.05 Å². The van der Waals surface area contributed by atoms with Gasteiger partial charge < -0.3 is 9.88 Å². The standard InChI is InChI=1S/C28H26F2N6O3S/c1-4-40(39,34-17-31)22-10-8-19(9-11-22)15-32-28(38)23-16-36(24-12-13-33-35(24)3)18(2)25(26(23)37)20-6-5-7-21(14-20)27(29)30/h4-14,16,27H,15H2,1-3H3,(H,32,38)(H,34,39). The first kappa shape index (κ1) is 28.3. The molecule has 1 atom stereocenters. The van der Waals surface area contributed by atoms with Gasteiger partial charge in [0, 0.05) is 42.7 Å². The maximum absolute atomic E-state index is 13.6. The molecule has 0 saturated heterocycles. The van der Waals surface area contributed by atoms with E-state index < -0.39 is 27.5 Å². The number of benzene rings is 2. The molecule has 0 spiro atoms. The molecule has 40 heavy (non-hydrogen) atoms. The van der Waals surface area contributed by atoms with E-state index in [-0.39, 0.29) is 28.8 Å². The van der Waals surface area contributed by atoms with Gasteiger partial charge in [0.15, 0.2) is 6.19 Å². The van der Waals surface area contributed by atoms with E-state index in [1.165, 1.54) is 29.8 Å². The zero-order valence-corrected chi connectivity index (χ0v) is 22.7. The molecular formula is C28H26F2N6O3S. The number of halogens is 2. The van der Waals surface area contributed by atoms with E-state index in [1.807, 2.05) is 0 Å². The number of nitrogens with zero attached hydrogens (tertiary/aromatic N) is 4. The van der Waals surface area contributed by atoms with Crippen molar-refractivity contribution >= 4 is 21.0 Å². The predicted octanol–water partition coefficient (Wildman–Crippen LogP) is 3.87. The Kier molecular flexibility index (Phi) is 8.16. The summed E-state index contributed by atoms with van der Waals surface area (Å²) < 4.78 is 45.2. The Morgan fingerprint density at radius 3 is 2.52 bits per heavy atom. The van der Waals surface area contributed by atoms with E-state index in [9.17, 15) is 22.6 Å². The highest BCUT2D eigenvalue weighted by molar-refractivity contribution is 7.99. The number of rotatable bonds is 8. The highest BCUT2D eigenvalue weighted by Gasteiger charge is 2.22. The molecule has 206 valence electrons. The van der Waals surface area contributed by atoms with E-state index in [0.717, 1.165) is 0 Å². The summed E-state index contributed by atoms with van der Waals surface area (Å²) in [5.41, 5.74) is 0.486. The lowest BCUT2D eigenvalue weighted by atomic mass is 9.99. The van der Waals surface area contributed by atoms with Gasteiger partial charge in [-0.3, -0.25) is 14.3 Å². The van der Waals surface area contributed by atoms with Crippen molar-refractivity contribution in [3.8, 4) is 23.1 Å². The normalized spacial score (nSPS) is 12.4. The van der Waals surface area contributed by atoms with Crippen molar-refractivity contribution < 1.29 is 17.8 Å². The van der Waals surface area contributed by atoms with Crippen LogP contribution in [0, 0.1) is 18.4 Å². The summed E-state index contributed by atoms with van der Waals surface area (Å²) in [6.45, 7) is 3.31. The fraction of sp³-hybridized carbons (Fsp3) is 0.179. The van der Waals surface area contributed by atoms with Crippen molar-refractivity contribution in [2.75, 3.05) is 0 Å². The molecule has 0 bridgehead atoms. The molecule has 0 aliphatic carbocycles. The predicted molar refractivity (Wildman–Crippen MR) is 148 cm³/mol. The van der Waals surface area contributed by atoms with Crippen LogP contribution in [0.1, 0.15) is 40.5 Å². The molecule has 9 nitrogen and oxygen atoms in total. The monoisotopic (exact) mass is 564 g/mol. The maximum atomic E-state index is 13.6. The van der Waals surface area contributed by atoms with Gasteiger partial charge in [-0.05, 0) is 48.5 Å². The minimum Gasteiger partial charge on any atom is -0.348 e. The van der Waals surface area contributed by atoms with Crippen LogP contribution in [0.25, 0.3) is 16.9 Å². The molecule has 0 aliphatic heterocycles. The number of alkyl halides is 2. The number of carbonyl (C=O) groups excluding carboxylic acids is 1. The summed E-state index contributed by atoms with van der Waals surface area (Å²) in [7, 11) is -1.15. The van der Waals surface area contributed by atoms with Crippen LogP contribution in [0.15, 0.2) is 76.7 Å². The van der Waals surface area contributed by atoms with Gasteiger partial charge in [0.2, 0.25) is 5.43 Å². The Balaban J connectivity index is 1.72. The second kappa shape index (κ2) is 11.5. The van der Waals surface area contributed by atoms with Crippen LogP contribution in [0.4, 0.5) is 8.78 Å². The first-order valence-corrected chi connectivity index (χ1v) is 13.7. The van der Waals surface area contributed by atoms with Gasteiger partial charge in [0.1, 0.15) is 11.4 Å².